The van der Waals surface area contributed by atoms with Crippen molar-refractivity contribution in [2.45, 2.75) is 57.1 Å². The minimum absolute atomic E-state index is 0.00346. The van der Waals surface area contributed by atoms with Crippen molar-refractivity contribution in [3.05, 3.63) is 0 Å². The Balaban J connectivity index is 1.56. The largest absolute Gasteiger partial charge is 0.393 e. The maximum atomic E-state index is 9.47. The highest BCUT2D eigenvalue weighted by Gasteiger charge is 2.48. The van der Waals surface area contributed by atoms with Crippen LogP contribution < -0.4 is 0 Å². The molecule has 14 heavy (non-hydrogen) atoms. The molecule has 80 valence electrons. The first-order valence-electron chi connectivity index (χ1n) is 6.20. The van der Waals surface area contributed by atoms with Crippen LogP contribution in [0.5, 0.6) is 0 Å². The molecule has 0 aromatic rings. The third-order valence-corrected chi connectivity index (χ3v) is 4.61. The van der Waals surface area contributed by atoms with Crippen molar-refractivity contribution in [1.82, 2.24) is 4.90 Å². The minimum atomic E-state index is 0.00346. The third-order valence-electron chi connectivity index (χ3n) is 4.61. The van der Waals surface area contributed by atoms with Gasteiger partial charge in [0.2, 0.25) is 0 Å². The van der Waals surface area contributed by atoms with Crippen molar-refractivity contribution >= 4 is 0 Å². The number of nitrogens with zero attached hydrogens (tertiary/aromatic N) is 1. The second-order valence-electron chi connectivity index (χ2n) is 5.68. The lowest BCUT2D eigenvalue weighted by atomic mass is 9.92. The highest BCUT2D eigenvalue weighted by atomic mass is 16.3. The summed E-state index contributed by atoms with van der Waals surface area (Å²) < 4.78 is 0. The summed E-state index contributed by atoms with van der Waals surface area (Å²) >= 11 is 0. The third kappa shape index (κ3) is 1.59. The molecule has 1 saturated heterocycles. The van der Waals surface area contributed by atoms with Crippen LogP contribution in [0.15, 0.2) is 0 Å². The summed E-state index contributed by atoms with van der Waals surface area (Å²) in [6.07, 6.45) is 8.96. The molecule has 2 nitrogen and oxygen atoms in total. The van der Waals surface area contributed by atoms with Crippen molar-refractivity contribution in [2.24, 2.45) is 5.41 Å². The first kappa shape index (κ1) is 9.17. The molecule has 0 radical (unpaired) electrons. The smallest absolute Gasteiger partial charge is 0.0541 e. The first-order chi connectivity index (χ1) is 6.77. The number of hydrogen-bond donors (Lipinski definition) is 1. The Labute approximate surface area is 86.3 Å². The van der Waals surface area contributed by atoms with E-state index in [-0.39, 0.29) is 6.10 Å². The molecule has 1 heterocycles. The van der Waals surface area contributed by atoms with Crippen molar-refractivity contribution in [2.75, 3.05) is 13.1 Å². The maximum absolute atomic E-state index is 9.47. The molecule has 0 amide bonds. The summed E-state index contributed by atoms with van der Waals surface area (Å²) in [7, 11) is 0. The molecule has 0 aromatic carbocycles. The molecule has 1 N–H and O–H groups in total. The van der Waals surface area contributed by atoms with Crippen molar-refractivity contribution in [3.8, 4) is 0 Å². The highest BCUT2D eigenvalue weighted by Crippen LogP contribution is 2.53. The molecule has 3 rings (SSSR count). The van der Waals surface area contributed by atoms with Crippen LogP contribution in [0.3, 0.4) is 0 Å². The number of aliphatic hydroxyl groups is 1. The lowest BCUT2D eigenvalue weighted by Crippen LogP contribution is -2.37. The SMILES string of the molecule is OC1CCC(N2CCC3(CC3)C2)CC1. The Morgan fingerprint density at radius 3 is 2.29 bits per heavy atom. The van der Waals surface area contributed by atoms with E-state index in [0.717, 1.165) is 24.3 Å². The molecule has 0 unspecified atom stereocenters. The van der Waals surface area contributed by atoms with Crippen molar-refractivity contribution in [1.29, 1.82) is 0 Å². The summed E-state index contributed by atoms with van der Waals surface area (Å²) in [5, 5.41) is 9.47. The number of rotatable bonds is 1. The molecule has 0 bridgehead atoms. The Morgan fingerprint density at radius 1 is 1.00 bits per heavy atom. The molecule has 2 aliphatic carbocycles. The second kappa shape index (κ2) is 3.21. The monoisotopic (exact) mass is 195 g/mol. The van der Waals surface area contributed by atoms with Gasteiger partial charge in [-0.15, -0.1) is 0 Å². The highest BCUT2D eigenvalue weighted by molar-refractivity contribution is 5.02. The molecular formula is C12H21NO. The van der Waals surface area contributed by atoms with Crippen molar-refractivity contribution in [3.63, 3.8) is 0 Å². The van der Waals surface area contributed by atoms with Gasteiger partial charge in [-0.05, 0) is 56.9 Å². The zero-order chi connectivity index (χ0) is 9.60. The van der Waals surface area contributed by atoms with Gasteiger partial charge >= 0.3 is 0 Å². The average molecular weight is 195 g/mol. The van der Waals surface area contributed by atoms with Gasteiger partial charge in [-0.1, -0.05) is 0 Å². The first-order valence-corrected chi connectivity index (χ1v) is 6.20. The molecule has 2 heteroatoms. The molecule has 0 aromatic heterocycles. The standard InChI is InChI=1S/C12H21NO/c14-11-3-1-10(2-4-11)13-8-7-12(9-13)5-6-12/h10-11,14H,1-9H2. The topological polar surface area (TPSA) is 23.5 Å². The molecule has 0 atom stereocenters. The van der Waals surface area contributed by atoms with Crippen LogP contribution in [0.2, 0.25) is 0 Å². The zero-order valence-corrected chi connectivity index (χ0v) is 8.91. The van der Waals surface area contributed by atoms with E-state index in [1.807, 2.05) is 0 Å². The van der Waals surface area contributed by atoms with Gasteiger partial charge < -0.3 is 5.11 Å². The van der Waals surface area contributed by atoms with Gasteiger partial charge in [0.25, 0.3) is 0 Å². The lowest BCUT2D eigenvalue weighted by Gasteiger charge is -2.33. The number of hydrogen-bond acceptors (Lipinski definition) is 2. The average Bonchev–Trinajstić information content (AvgIpc) is 2.79. The summed E-state index contributed by atoms with van der Waals surface area (Å²) in [6, 6.07) is 0.804. The van der Waals surface area contributed by atoms with E-state index < -0.39 is 0 Å². The number of aliphatic hydroxyl groups excluding tert-OH is 1. The normalized spacial score (nSPS) is 41.8. The fourth-order valence-corrected chi connectivity index (χ4v) is 3.29. The zero-order valence-electron chi connectivity index (χ0n) is 8.91. The second-order valence-corrected chi connectivity index (χ2v) is 5.68. The van der Waals surface area contributed by atoms with Crippen LogP contribution in [0.25, 0.3) is 0 Å². The summed E-state index contributed by atoms with van der Waals surface area (Å²) in [6.45, 7) is 2.70. The van der Waals surface area contributed by atoms with Gasteiger partial charge in [-0.2, -0.15) is 0 Å². The van der Waals surface area contributed by atoms with Crippen molar-refractivity contribution < 1.29 is 5.11 Å². The van der Waals surface area contributed by atoms with E-state index in [1.54, 1.807) is 0 Å². The van der Waals surface area contributed by atoms with E-state index >= 15 is 0 Å². The van der Waals surface area contributed by atoms with Gasteiger partial charge in [-0.25, -0.2) is 0 Å². The molecule has 1 aliphatic heterocycles. The van der Waals surface area contributed by atoms with Gasteiger partial charge in [0.05, 0.1) is 6.10 Å². The fourth-order valence-electron chi connectivity index (χ4n) is 3.29. The van der Waals surface area contributed by atoms with E-state index in [9.17, 15) is 5.11 Å². The molecule has 3 fully saturated rings. The fraction of sp³-hybridized carbons (Fsp3) is 1.00. The minimum Gasteiger partial charge on any atom is -0.393 e. The van der Waals surface area contributed by atoms with Crippen LogP contribution >= 0.6 is 0 Å². The van der Waals surface area contributed by atoms with Gasteiger partial charge in [0.1, 0.15) is 0 Å². The summed E-state index contributed by atoms with van der Waals surface area (Å²) in [5.41, 5.74) is 0.774. The van der Waals surface area contributed by atoms with E-state index in [1.165, 1.54) is 45.2 Å². The molecule has 1 spiro atoms. The van der Waals surface area contributed by atoms with Crippen LogP contribution in [0.4, 0.5) is 0 Å². The Morgan fingerprint density at radius 2 is 1.71 bits per heavy atom. The predicted molar refractivity (Wildman–Crippen MR) is 56.1 cm³/mol. The van der Waals surface area contributed by atoms with Crippen LogP contribution in [-0.4, -0.2) is 35.2 Å². The van der Waals surface area contributed by atoms with E-state index in [4.69, 9.17) is 0 Å². The molecule has 2 saturated carbocycles. The van der Waals surface area contributed by atoms with Crippen LogP contribution in [0.1, 0.15) is 44.9 Å². The summed E-state index contributed by atoms with van der Waals surface area (Å²) in [4.78, 5) is 2.71. The number of likely N-dealkylation sites (tertiary alicyclic amines) is 1. The van der Waals surface area contributed by atoms with Crippen LogP contribution in [-0.2, 0) is 0 Å². The summed E-state index contributed by atoms with van der Waals surface area (Å²) in [5.74, 6) is 0. The predicted octanol–water partition coefficient (Wildman–Crippen LogP) is 1.78. The Bertz CT molecular complexity index is 216. The Kier molecular flexibility index (Phi) is 2.10. The Hall–Kier alpha value is -0.0800. The van der Waals surface area contributed by atoms with Gasteiger partial charge in [0.15, 0.2) is 0 Å². The maximum Gasteiger partial charge on any atom is 0.0541 e. The van der Waals surface area contributed by atoms with Gasteiger partial charge in [0, 0.05) is 12.6 Å². The van der Waals surface area contributed by atoms with Crippen LogP contribution in [0, 0.1) is 5.41 Å². The van der Waals surface area contributed by atoms with E-state index in [0.29, 0.717) is 0 Å². The van der Waals surface area contributed by atoms with Gasteiger partial charge in [-0.3, -0.25) is 4.90 Å². The van der Waals surface area contributed by atoms with E-state index in [2.05, 4.69) is 4.90 Å². The lowest BCUT2D eigenvalue weighted by molar-refractivity contribution is 0.0817. The quantitative estimate of drug-likeness (QED) is 0.689. The molecule has 3 aliphatic rings. The molecular weight excluding hydrogens is 174 g/mol.